The second-order valence-corrected chi connectivity index (χ2v) is 18.4. The molecule has 5 aromatic rings. The smallest absolute Gasteiger partial charge is 0.459 e. The molecule has 0 saturated heterocycles. The van der Waals surface area contributed by atoms with E-state index >= 15 is 0 Å². The average molecular weight is 958 g/mol. The van der Waals surface area contributed by atoms with E-state index < -0.39 is 39.5 Å². The second-order valence-electron chi connectivity index (χ2n) is 14.0. The maximum atomic E-state index is 13.5. The number of carboxylic acids is 1. The van der Waals surface area contributed by atoms with Crippen LogP contribution in [0, 0.1) is 11.8 Å². The van der Waals surface area contributed by atoms with Crippen LogP contribution in [0.25, 0.3) is 22.3 Å². The van der Waals surface area contributed by atoms with Gasteiger partial charge in [-0.25, -0.2) is 24.2 Å². The molecule has 0 saturated carbocycles. The van der Waals surface area contributed by atoms with Gasteiger partial charge in [-0.05, 0) is 51.0 Å². The number of aromatic nitrogens is 8. The molecule has 2 aliphatic rings. The normalized spacial score (nSPS) is 21.2. The standard InChI is InChI=1S/C21H23Cl2N6O5P.C14H18ClN6O5P/c1-12(20(30)32-2)28-35(31,34-16-7-4-14(22)5-8-16)33-10-13-3-6-15(9-13)29-11-25-17-18(23)26-21(24)27-19(17)29;1-7(13(22)23)20-27(24,25)26-5-8-2-3-9(4-8)21-6-17-10-11(15)18-14(16)19-12(10)21/h3-8,11-13,15H,9-10H2,1-2H3,(H,28,31)(H2,24,26,27);2-3,6-9H,4-5H2,1H3,(H,22,23)(H2,16,18,19)(H2,20,24,25)/t12-,13+,15-,35?;7-,8+,9-/m00/s1. The molecule has 4 aromatic heterocycles. The fraction of sp³-hybridized carbons (Fsp3) is 0.371. The highest BCUT2D eigenvalue weighted by Gasteiger charge is 2.34. The number of carbonyl (C=O) groups is 2. The molecular formula is C35H41Cl3N12O10P2. The van der Waals surface area contributed by atoms with Crippen molar-refractivity contribution < 1.29 is 47.0 Å². The summed E-state index contributed by atoms with van der Waals surface area (Å²) in [4.78, 5) is 57.1. The molecule has 332 valence electrons. The number of imidazole rings is 2. The number of carboxylic acid groups (broad SMARTS) is 1. The summed E-state index contributed by atoms with van der Waals surface area (Å²) in [6.07, 6.45) is 12.0. The molecule has 0 aliphatic heterocycles. The van der Waals surface area contributed by atoms with Gasteiger partial charge in [0.15, 0.2) is 21.6 Å². The number of nitrogens with two attached hydrogens (primary N) is 2. The van der Waals surface area contributed by atoms with Crippen molar-refractivity contribution in [2.24, 2.45) is 11.8 Å². The van der Waals surface area contributed by atoms with Gasteiger partial charge in [-0.15, -0.1) is 0 Å². The number of benzene rings is 1. The van der Waals surface area contributed by atoms with Crippen LogP contribution >= 0.6 is 50.3 Å². The number of nitrogens with zero attached hydrogens (tertiary/aromatic N) is 8. The van der Waals surface area contributed by atoms with E-state index in [0.717, 1.165) is 0 Å². The predicted molar refractivity (Wildman–Crippen MR) is 228 cm³/mol. The number of nitrogen functional groups attached to an aromatic ring is 2. The third-order valence-corrected chi connectivity index (χ3v) is 13.0. The van der Waals surface area contributed by atoms with E-state index in [2.05, 4.69) is 40.1 Å². The molecule has 62 heavy (non-hydrogen) atoms. The van der Waals surface area contributed by atoms with Crippen molar-refractivity contribution in [2.45, 2.75) is 50.9 Å². The van der Waals surface area contributed by atoms with E-state index in [-0.39, 0.29) is 65.1 Å². The Hall–Kier alpha value is -4.73. The Bertz CT molecular complexity index is 2600. The molecule has 2 aliphatic carbocycles. The van der Waals surface area contributed by atoms with Crippen LogP contribution in [0.4, 0.5) is 11.9 Å². The second kappa shape index (κ2) is 19.8. The topological polar surface area (TPSA) is 309 Å². The maximum Gasteiger partial charge on any atom is 0.459 e. The van der Waals surface area contributed by atoms with Crippen molar-refractivity contribution in [1.82, 2.24) is 49.2 Å². The number of rotatable bonds is 16. The molecule has 0 spiro atoms. The number of aliphatic carboxylic acids is 1. The number of hydrogen-bond donors (Lipinski definition) is 6. The summed E-state index contributed by atoms with van der Waals surface area (Å²) >= 11 is 18.1. The zero-order chi connectivity index (χ0) is 44.9. The van der Waals surface area contributed by atoms with E-state index in [1.165, 1.54) is 21.0 Å². The van der Waals surface area contributed by atoms with Crippen LogP contribution < -0.4 is 26.2 Å². The minimum atomic E-state index is -4.23. The van der Waals surface area contributed by atoms with Gasteiger partial charge in [-0.2, -0.15) is 25.0 Å². The maximum absolute atomic E-state index is 13.5. The van der Waals surface area contributed by atoms with Crippen LogP contribution in [0.2, 0.25) is 15.3 Å². The summed E-state index contributed by atoms with van der Waals surface area (Å²) in [6, 6.07) is 3.93. The Morgan fingerprint density at radius 1 is 0.806 bits per heavy atom. The Balaban J connectivity index is 0.000000214. The summed E-state index contributed by atoms with van der Waals surface area (Å²) in [7, 11) is -6.95. The van der Waals surface area contributed by atoms with Crippen molar-refractivity contribution in [3.8, 4) is 5.75 Å². The number of fused-ring (bicyclic) bond motifs is 2. The lowest BCUT2D eigenvalue weighted by molar-refractivity contribution is -0.142. The highest BCUT2D eigenvalue weighted by Crippen LogP contribution is 2.47. The first kappa shape index (κ1) is 46.8. The number of ether oxygens (including phenoxy) is 1. The molecule has 8 atom stereocenters. The zero-order valence-corrected chi connectivity index (χ0v) is 37.0. The number of methoxy groups -OCH3 is 1. The van der Waals surface area contributed by atoms with Crippen molar-refractivity contribution in [3.05, 3.63) is 76.6 Å². The van der Waals surface area contributed by atoms with Gasteiger partial charge in [0, 0.05) is 16.9 Å². The fourth-order valence-electron chi connectivity index (χ4n) is 6.37. The minimum absolute atomic E-state index is 0.0379. The van der Waals surface area contributed by atoms with Crippen LogP contribution in [-0.2, 0) is 32.5 Å². The van der Waals surface area contributed by atoms with E-state index in [1.54, 1.807) is 41.5 Å². The van der Waals surface area contributed by atoms with Crippen LogP contribution in [-0.4, -0.2) is 93.4 Å². The number of carbonyl (C=O) groups excluding carboxylic acids is 1. The summed E-state index contributed by atoms with van der Waals surface area (Å²) in [6.45, 7) is 2.76. The summed E-state index contributed by atoms with van der Waals surface area (Å²) in [5.74, 6) is -1.76. The molecule has 7 rings (SSSR count). The van der Waals surface area contributed by atoms with Gasteiger partial charge < -0.3 is 39.9 Å². The number of hydrogen-bond acceptors (Lipinski definition) is 16. The van der Waals surface area contributed by atoms with Gasteiger partial charge in [0.25, 0.3) is 0 Å². The Kier molecular flexibility index (Phi) is 14.9. The van der Waals surface area contributed by atoms with Gasteiger partial charge in [0.2, 0.25) is 11.9 Å². The van der Waals surface area contributed by atoms with Crippen LogP contribution in [0.5, 0.6) is 5.75 Å². The number of anilines is 2. The Morgan fingerprint density at radius 3 is 1.79 bits per heavy atom. The monoisotopic (exact) mass is 956 g/mol. The fourth-order valence-corrected chi connectivity index (χ4v) is 9.55. The highest BCUT2D eigenvalue weighted by molar-refractivity contribution is 7.52. The van der Waals surface area contributed by atoms with Gasteiger partial charge in [-0.3, -0.25) is 18.6 Å². The lowest BCUT2D eigenvalue weighted by Gasteiger charge is -2.24. The van der Waals surface area contributed by atoms with E-state index in [1.807, 2.05) is 28.9 Å². The van der Waals surface area contributed by atoms with E-state index in [9.17, 15) is 23.6 Å². The number of allylic oxidation sites excluding steroid dienone is 2. The molecule has 8 N–H and O–H groups in total. The molecular weight excluding hydrogens is 917 g/mol. The van der Waals surface area contributed by atoms with Crippen molar-refractivity contribution in [2.75, 3.05) is 31.8 Å². The Morgan fingerprint density at radius 2 is 1.31 bits per heavy atom. The van der Waals surface area contributed by atoms with Gasteiger partial charge >= 0.3 is 27.4 Å². The Labute approximate surface area is 368 Å². The number of halogens is 3. The molecule has 0 radical (unpaired) electrons. The summed E-state index contributed by atoms with van der Waals surface area (Å²) in [5, 5.41) is 14.3. The molecule has 4 heterocycles. The van der Waals surface area contributed by atoms with Gasteiger partial charge in [0.1, 0.15) is 28.9 Å². The first-order valence-corrected chi connectivity index (χ1v) is 22.8. The molecule has 1 aromatic carbocycles. The zero-order valence-electron chi connectivity index (χ0n) is 33.0. The third-order valence-electron chi connectivity index (χ3n) is 9.40. The first-order valence-electron chi connectivity index (χ1n) is 18.5. The van der Waals surface area contributed by atoms with Crippen molar-refractivity contribution >= 4 is 96.5 Å². The first-order chi connectivity index (χ1) is 29.3. The van der Waals surface area contributed by atoms with Crippen LogP contribution in [0.1, 0.15) is 38.8 Å². The predicted octanol–water partition coefficient (Wildman–Crippen LogP) is 5.55. The molecule has 22 nitrogen and oxygen atoms in total. The van der Waals surface area contributed by atoms with Crippen LogP contribution in [0.15, 0.2) is 61.2 Å². The van der Waals surface area contributed by atoms with E-state index in [0.29, 0.717) is 40.2 Å². The summed E-state index contributed by atoms with van der Waals surface area (Å²) < 4.78 is 50.2. The van der Waals surface area contributed by atoms with Crippen molar-refractivity contribution in [3.63, 3.8) is 0 Å². The highest BCUT2D eigenvalue weighted by atomic mass is 35.5. The number of esters is 1. The van der Waals surface area contributed by atoms with Crippen molar-refractivity contribution in [1.29, 1.82) is 0 Å². The molecule has 0 fully saturated rings. The van der Waals surface area contributed by atoms with Gasteiger partial charge in [0.05, 0.1) is 45.1 Å². The lowest BCUT2D eigenvalue weighted by atomic mass is 10.1. The lowest BCUT2D eigenvalue weighted by Crippen LogP contribution is -2.34. The SMILES string of the molecule is COC(=O)[C@H](C)NP(=O)(OC[C@@H]1C=C[C@H](n2cnc3c(Cl)nc(N)nc32)C1)Oc1ccc(Cl)cc1.C[C@H](NP(=O)(O)OC[C@@H]1C=C[C@H](n2cnc3c(Cl)nc(N)nc32)C1)C(=O)O. The average Bonchev–Trinajstić information content (AvgIpc) is 4.04. The molecule has 27 heteroatoms. The van der Waals surface area contributed by atoms with E-state index in [4.69, 9.17) is 69.7 Å². The largest absolute Gasteiger partial charge is 0.480 e. The third kappa shape index (κ3) is 11.6. The minimum Gasteiger partial charge on any atom is -0.480 e. The quantitative estimate of drug-likeness (QED) is 0.0306. The summed E-state index contributed by atoms with van der Waals surface area (Å²) in [5.41, 5.74) is 13.3. The molecule has 2 unspecified atom stereocenters. The molecule has 0 amide bonds. The van der Waals surface area contributed by atoms with Gasteiger partial charge in [-0.1, -0.05) is 59.1 Å². The number of nitrogens with one attached hydrogen (secondary N) is 2. The molecule has 0 bridgehead atoms. The van der Waals surface area contributed by atoms with Crippen LogP contribution in [0.3, 0.4) is 0 Å².